The molecule has 0 amide bonds. The molecule has 0 atom stereocenters. The van der Waals surface area contributed by atoms with Gasteiger partial charge in [-0.15, -0.1) is 0 Å². The van der Waals surface area contributed by atoms with E-state index in [-0.39, 0.29) is 11.7 Å². The van der Waals surface area contributed by atoms with Crippen molar-refractivity contribution in [2.45, 2.75) is 136 Å². The molecule has 0 aliphatic heterocycles. The van der Waals surface area contributed by atoms with Gasteiger partial charge in [0.25, 0.3) is 0 Å². The van der Waals surface area contributed by atoms with Gasteiger partial charge in [0.05, 0.1) is 12.2 Å². The molecule has 3 nitrogen and oxygen atoms in total. The largest absolute Gasteiger partial charge is 0.508 e. The first-order valence-corrected chi connectivity index (χ1v) is 13.7. The summed E-state index contributed by atoms with van der Waals surface area (Å²) in [6.07, 6.45) is 24.3. The van der Waals surface area contributed by atoms with Crippen molar-refractivity contribution >= 4 is 5.97 Å². The molecule has 1 N–H and O–H groups in total. The lowest BCUT2D eigenvalue weighted by Gasteiger charge is -2.10. The topological polar surface area (TPSA) is 46.5 Å². The van der Waals surface area contributed by atoms with Crippen LogP contribution in [0.15, 0.2) is 18.2 Å². The minimum atomic E-state index is -0.253. The second kappa shape index (κ2) is 20.1. The van der Waals surface area contributed by atoms with Gasteiger partial charge in [-0.2, -0.15) is 0 Å². The van der Waals surface area contributed by atoms with E-state index >= 15 is 0 Å². The number of carbonyl (C=O) groups excluding carboxylic acids is 1. The van der Waals surface area contributed by atoms with Crippen molar-refractivity contribution in [3.63, 3.8) is 0 Å². The Bertz CT molecular complexity index is 582. The second-order valence-corrected chi connectivity index (χ2v) is 9.38. The van der Waals surface area contributed by atoms with E-state index in [9.17, 15) is 9.90 Å². The molecule has 3 heteroatoms. The number of phenols is 1. The second-order valence-electron chi connectivity index (χ2n) is 9.38. The zero-order valence-electron chi connectivity index (χ0n) is 21.1. The molecule has 1 aromatic carbocycles. The molecule has 0 radical (unpaired) electrons. The Kier molecular flexibility index (Phi) is 17.9. The van der Waals surface area contributed by atoms with E-state index in [1.165, 1.54) is 89.9 Å². The predicted octanol–water partition coefficient (Wildman–Crippen LogP) is 9.15. The molecule has 0 aliphatic carbocycles. The molecular weight excluding hydrogens is 396 g/mol. The van der Waals surface area contributed by atoms with Crippen LogP contribution in [0.2, 0.25) is 0 Å². The van der Waals surface area contributed by atoms with Gasteiger partial charge in [0.15, 0.2) is 0 Å². The van der Waals surface area contributed by atoms with E-state index in [2.05, 4.69) is 13.8 Å². The van der Waals surface area contributed by atoms with Crippen molar-refractivity contribution in [2.24, 2.45) is 0 Å². The highest BCUT2D eigenvalue weighted by Gasteiger charge is 2.13. The highest BCUT2D eigenvalue weighted by atomic mass is 16.5. The van der Waals surface area contributed by atoms with E-state index in [0.717, 1.165) is 37.7 Å². The van der Waals surface area contributed by atoms with Gasteiger partial charge >= 0.3 is 5.97 Å². The van der Waals surface area contributed by atoms with Crippen LogP contribution in [0.5, 0.6) is 5.75 Å². The van der Waals surface area contributed by atoms with E-state index < -0.39 is 0 Å². The molecule has 0 aliphatic rings. The Morgan fingerprint density at radius 3 is 1.66 bits per heavy atom. The van der Waals surface area contributed by atoms with Crippen molar-refractivity contribution < 1.29 is 14.6 Å². The number of benzene rings is 1. The SMILES string of the molecule is CCCCCCCCCCCCCCCCCCOC(=O)c1ccc(O)cc1CCCC. The number of ether oxygens (including phenoxy) is 1. The summed E-state index contributed by atoms with van der Waals surface area (Å²) in [6.45, 7) is 4.89. The fourth-order valence-electron chi connectivity index (χ4n) is 4.25. The number of aromatic hydroxyl groups is 1. The number of rotatable bonds is 21. The number of esters is 1. The maximum Gasteiger partial charge on any atom is 0.338 e. The maximum atomic E-state index is 12.4. The third kappa shape index (κ3) is 14.5. The molecule has 0 bridgehead atoms. The summed E-state index contributed by atoms with van der Waals surface area (Å²) >= 11 is 0. The minimum Gasteiger partial charge on any atom is -0.508 e. The summed E-state index contributed by atoms with van der Waals surface area (Å²) in [5, 5.41) is 9.70. The van der Waals surface area contributed by atoms with E-state index in [1.54, 1.807) is 18.2 Å². The van der Waals surface area contributed by atoms with Crippen molar-refractivity contribution in [1.29, 1.82) is 0 Å². The lowest BCUT2D eigenvalue weighted by Crippen LogP contribution is -2.09. The summed E-state index contributed by atoms with van der Waals surface area (Å²) in [5.74, 6) is -0.0393. The Labute approximate surface area is 198 Å². The van der Waals surface area contributed by atoms with Gasteiger partial charge in [0.1, 0.15) is 5.75 Å². The molecule has 0 unspecified atom stereocenters. The Morgan fingerprint density at radius 1 is 0.688 bits per heavy atom. The standard InChI is InChI=1S/C29H50O3/c1-3-5-7-8-9-10-11-12-13-14-15-16-17-18-19-20-24-32-29(31)28-23-22-27(30)25-26(28)21-6-4-2/h22-23,25,30H,3-21,24H2,1-2H3. The van der Waals surface area contributed by atoms with E-state index in [1.807, 2.05) is 0 Å². The van der Waals surface area contributed by atoms with Gasteiger partial charge in [0.2, 0.25) is 0 Å². The van der Waals surface area contributed by atoms with Crippen LogP contribution >= 0.6 is 0 Å². The van der Waals surface area contributed by atoms with E-state index in [0.29, 0.717) is 12.2 Å². The number of hydrogen-bond acceptors (Lipinski definition) is 3. The van der Waals surface area contributed by atoms with Crippen LogP contribution in [0, 0.1) is 0 Å². The molecular formula is C29H50O3. The van der Waals surface area contributed by atoms with Crippen LogP contribution < -0.4 is 0 Å². The van der Waals surface area contributed by atoms with Crippen LogP contribution in [0.3, 0.4) is 0 Å². The lowest BCUT2D eigenvalue weighted by molar-refractivity contribution is 0.0496. The van der Waals surface area contributed by atoms with Crippen LogP contribution in [0.4, 0.5) is 0 Å². The highest BCUT2D eigenvalue weighted by molar-refractivity contribution is 5.91. The molecule has 0 fully saturated rings. The van der Waals surface area contributed by atoms with Crippen molar-refractivity contribution in [1.82, 2.24) is 0 Å². The van der Waals surface area contributed by atoms with Crippen molar-refractivity contribution in [3.05, 3.63) is 29.3 Å². The minimum absolute atomic E-state index is 0.213. The van der Waals surface area contributed by atoms with Crippen LogP contribution in [0.25, 0.3) is 0 Å². The zero-order chi connectivity index (χ0) is 23.3. The molecule has 0 spiro atoms. The zero-order valence-corrected chi connectivity index (χ0v) is 21.1. The van der Waals surface area contributed by atoms with Gasteiger partial charge in [-0.05, 0) is 43.0 Å². The van der Waals surface area contributed by atoms with Crippen LogP contribution in [-0.2, 0) is 11.2 Å². The number of phenolic OH excluding ortho intramolecular Hbond substituents is 1. The van der Waals surface area contributed by atoms with Crippen LogP contribution in [-0.4, -0.2) is 17.7 Å². The van der Waals surface area contributed by atoms with Gasteiger partial charge < -0.3 is 9.84 Å². The summed E-state index contributed by atoms with van der Waals surface area (Å²) in [5.41, 5.74) is 1.50. The summed E-state index contributed by atoms with van der Waals surface area (Å²) in [6, 6.07) is 4.96. The Hall–Kier alpha value is -1.51. The van der Waals surface area contributed by atoms with Gasteiger partial charge in [0, 0.05) is 0 Å². The molecule has 0 heterocycles. The van der Waals surface area contributed by atoms with Crippen LogP contribution in [0.1, 0.15) is 145 Å². The Morgan fingerprint density at radius 2 is 1.16 bits per heavy atom. The molecule has 184 valence electrons. The summed E-state index contributed by atoms with van der Waals surface area (Å²) in [7, 11) is 0. The number of aryl methyl sites for hydroxylation is 1. The lowest BCUT2D eigenvalue weighted by atomic mass is 10.0. The van der Waals surface area contributed by atoms with Crippen molar-refractivity contribution in [2.75, 3.05) is 6.61 Å². The molecule has 1 aromatic rings. The first kappa shape index (κ1) is 28.5. The molecule has 0 saturated carbocycles. The fraction of sp³-hybridized carbons (Fsp3) is 0.759. The first-order valence-electron chi connectivity index (χ1n) is 13.7. The summed E-state index contributed by atoms with van der Waals surface area (Å²) < 4.78 is 5.49. The van der Waals surface area contributed by atoms with Crippen molar-refractivity contribution in [3.8, 4) is 5.75 Å². The third-order valence-electron chi connectivity index (χ3n) is 6.34. The normalized spacial score (nSPS) is 11.1. The van der Waals surface area contributed by atoms with Gasteiger partial charge in [-0.25, -0.2) is 4.79 Å². The Balaban J connectivity index is 1.95. The molecule has 0 saturated heterocycles. The average Bonchev–Trinajstić information content (AvgIpc) is 2.79. The molecule has 0 aromatic heterocycles. The maximum absolute atomic E-state index is 12.4. The first-order chi connectivity index (χ1) is 15.7. The molecule has 1 rings (SSSR count). The predicted molar refractivity (Wildman–Crippen MR) is 137 cm³/mol. The quantitative estimate of drug-likeness (QED) is 0.151. The smallest absolute Gasteiger partial charge is 0.338 e. The fourth-order valence-corrected chi connectivity index (χ4v) is 4.25. The van der Waals surface area contributed by atoms with E-state index in [4.69, 9.17) is 4.74 Å². The number of hydrogen-bond donors (Lipinski definition) is 1. The summed E-state index contributed by atoms with van der Waals surface area (Å²) in [4.78, 5) is 12.4. The molecule has 32 heavy (non-hydrogen) atoms. The number of unbranched alkanes of at least 4 members (excludes halogenated alkanes) is 16. The van der Waals surface area contributed by atoms with Gasteiger partial charge in [-0.3, -0.25) is 0 Å². The highest BCUT2D eigenvalue weighted by Crippen LogP contribution is 2.20. The third-order valence-corrected chi connectivity index (χ3v) is 6.34. The average molecular weight is 447 g/mol. The number of carbonyl (C=O) groups is 1. The van der Waals surface area contributed by atoms with Gasteiger partial charge in [-0.1, -0.05) is 117 Å². The monoisotopic (exact) mass is 446 g/mol.